The number of hydrogen-bond acceptors (Lipinski definition) is 7. The highest BCUT2D eigenvalue weighted by atomic mass is 16.6. The number of esters is 2. The number of nitro groups is 1. The van der Waals surface area contributed by atoms with Crippen LogP contribution in [0.15, 0.2) is 35.7 Å². The Labute approximate surface area is 133 Å². The summed E-state index contributed by atoms with van der Waals surface area (Å²) >= 11 is 0. The fourth-order valence-corrected chi connectivity index (χ4v) is 2.03. The molecule has 0 amide bonds. The molecule has 0 N–H and O–H groups in total. The van der Waals surface area contributed by atoms with Gasteiger partial charge in [-0.2, -0.15) is 0 Å². The van der Waals surface area contributed by atoms with Crippen LogP contribution in [0, 0.1) is 10.1 Å². The zero-order chi connectivity index (χ0) is 17.3. The Morgan fingerprint density at radius 3 is 2.74 bits per heavy atom. The Balaban J connectivity index is 3.02. The maximum absolute atomic E-state index is 12.3. The van der Waals surface area contributed by atoms with E-state index in [1.165, 1.54) is 24.7 Å². The highest BCUT2D eigenvalue weighted by Gasteiger charge is 2.52. The van der Waals surface area contributed by atoms with Crippen molar-refractivity contribution in [3.05, 3.63) is 46.9 Å². The van der Waals surface area contributed by atoms with Crippen LogP contribution in [0.3, 0.4) is 0 Å². The standard InChI is InChI=1S/C15H19NO7/c1-3-8-23-14(18)15(16(19)20,7-5-13(17)22-4-2)10-12-6-9-21-11-12/h3,6,9,11H,1,4-5,7-8,10H2,2H3. The lowest BCUT2D eigenvalue weighted by Crippen LogP contribution is -2.50. The Bertz CT molecular complexity index is 552. The van der Waals surface area contributed by atoms with Crippen molar-refractivity contribution >= 4 is 11.9 Å². The minimum atomic E-state index is -2.08. The van der Waals surface area contributed by atoms with Gasteiger partial charge in [-0.05, 0) is 18.6 Å². The SMILES string of the molecule is C=CCOC(=O)C(CCC(=O)OCC)(Cc1ccoc1)[N+](=O)[O-]. The van der Waals surface area contributed by atoms with E-state index in [2.05, 4.69) is 6.58 Å². The van der Waals surface area contributed by atoms with Gasteiger partial charge in [0.25, 0.3) is 0 Å². The molecule has 0 saturated carbocycles. The van der Waals surface area contributed by atoms with E-state index in [1.807, 2.05) is 0 Å². The predicted molar refractivity (Wildman–Crippen MR) is 79.2 cm³/mol. The van der Waals surface area contributed by atoms with Crippen LogP contribution in [0.5, 0.6) is 0 Å². The van der Waals surface area contributed by atoms with Crippen molar-refractivity contribution in [2.24, 2.45) is 0 Å². The third-order valence-corrected chi connectivity index (χ3v) is 3.19. The lowest BCUT2D eigenvalue weighted by molar-refractivity contribution is -0.556. The highest BCUT2D eigenvalue weighted by molar-refractivity contribution is 5.81. The summed E-state index contributed by atoms with van der Waals surface area (Å²) in [6.45, 7) is 5.03. The number of nitrogens with zero attached hydrogens (tertiary/aromatic N) is 1. The molecule has 23 heavy (non-hydrogen) atoms. The first kappa shape index (κ1) is 18.4. The van der Waals surface area contributed by atoms with Gasteiger partial charge in [0, 0.05) is 11.3 Å². The minimum absolute atomic E-state index is 0.154. The van der Waals surface area contributed by atoms with E-state index >= 15 is 0 Å². The Morgan fingerprint density at radius 2 is 2.22 bits per heavy atom. The molecular formula is C15H19NO7. The summed E-state index contributed by atoms with van der Waals surface area (Å²) in [5.41, 5.74) is -1.62. The molecule has 1 atom stereocenters. The Morgan fingerprint density at radius 1 is 1.48 bits per heavy atom. The molecule has 1 aromatic heterocycles. The van der Waals surface area contributed by atoms with E-state index in [0.717, 1.165) is 0 Å². The number of carbonyl (C=O) groups is 2. The smallest absolute Gasteiger partial charge is 0.385 e. The molecule has 0 saturated heterocycles. The van der Waals surface area contributed by atoms with Crippen LogP contribution < -0.4 is 0 Å². The number of rotatable bonds is 10. The third-order valence-electron chi connectivity index (χ3n) is 3.19. The van der Waals surface area contributed by atoms with Crippen molar-refractivity contribution in [2.45, 2.75) is 31.7 Å². The fraction of sp³-hybridized carbons (Fsp3) is 0.467. The van der Waals surface area contributed by atoms with E-state index in [4.69, 9.17) is 13.9 Å². The highest BCUT2D eigenvalue weighted by Crippen LogP contribution is 2.26. The molecular weight excluding hydrogens is 306 g/mol. The molecule has 1 unspecified atom stereocenters. The van der Waals surface area contributed by atoms with Gasteiger partial charge in [0.15, 0.2) is 0 Å². The van der Waals surface area contributed by atoms with Crippen LogP contribution in [0.2, 0.25) is 0 Å². The van der Waals surface area contributed by atoms with Crippen LogP contribution in [0.1, 0.15) is 25.3 Å². The zero-order valence-electron chi connectivity index (χ0n) is 12.9. The average Bonchev–Trinajstić information content (AvgIpc) is 3.01. The van der Waals surface area contributed by atoms with Gasteiger partial charge < -0.3 is 13.9 Å². The molecule has 0 aliphatic rings. The lowest BCUT2D eigenvalue weighted by Gasteiger charge is -2.22. The summed E-state index contributed by atoms with van der Waals surface area (Å²) < 4.78 is 14.5. The molecule has 1 heterocycles. The van der Waals surface area contributed by atoms with Gasteiger partial charge in [-0.3, -0.25) is 14.9 Å². The molecule has 0 bridgehead atoms. The maximum Gasteiger partial charge on any atom is 0.385 e. The average molecular weight is 325 g/mol. The summed E-state index contributed by atoms with van der Waals surface area (Å²) in [6, 6.07) is 1.52. The molecule has 0 aromatic carbocycles. The normalized spacial score (nSPS) is 12.9. The van der Waals surface area contributed by atoms with Crippen molar-refractivity contribution in [1.29, 1.82) is 0 Å². The lowest BCUT2D eigenvalue weighted by atomic mass is 9.87. The second-order valence-corrected chi connectivity index (χ2v) is 4.79. The Kier molecular flexibility index (Phi) is 6.98. The van der Waals surface area contributed by atoms with Gasteiger partial charge in [0.2, 0.25) is 0 Å². The van der Waals surface area contributed by atoms with Crippen LogP contribution in [-0.4, -0.2) is 35.6 Å². The zero-order valence-corrected chi connectivity index (χ0v) is 12.9. The molecule has 0 spiro atoms. The molecule has 0 aliphatic carbocycles. The first-order valence-corrected chi connectivity index (χ1v) is 7.05. The van der Waals surface area contributed by atoms with E-state index in [1.54, 1.807) is 6.92 Å². The molecule has 126 valence electrons. The molecule has 1 rings (SSSR count). The second-order valence-electron chi connectivity index (χ2n) is 4.79. The first-order valence-electron chi connectivity index (χ1n) is 7.05. The third kappa shape index (κ3) is 4.94. The summed E-state index contributed by atoms with van der Waals surface area (Å²) in [6.07, 6.45) is 3.12. The fourth-order valence-electron chi connectivity index (χ4n) is 2.03. The Hall–Kier alpha value is -2.64. The topological polar surface area (TPSA) is 109 Å². The molecule has 1 aromatic rings. The van der Waals surface area contributed by atoms with E-state index in [0.29, 0.717) is 5.56 Å². The van der Waals surface area contributed by atoms with Crippen LogP contribution in [0.25, 0.3) is 0 Å². The summed E-state index contributed by atoms with van der Waals surface area (Å²) in [4.78, 5) is 34.7. The summed E-state index contributed by atoms with van der Waals surface area (Å²) in [5, 5.41) is 11.6. The maximum atomic E-state index is 12.3. The molecule has 0 radical (unpaired) electrons. The van der Waals surface area contributed by atoms with Crippen molar-refractivity contribution in [3.8, 4) is 0 Å². The number of hydrogen-bond donors (Lipinski definition) is 0. The van der Waals surface area contributed by atoms with E-state index < -0.39 is 22.4 Å². The van der Waals surface area contributed by atoms with Crippen molar-refractivity contribution in [2.75, 3.05) is 13.2 Å². The first-order chi connectivity index (χ1) is 11.0. The van der Waals surface area contributed by atoms with Gasteiger partial charge in [0.05, 0.1) is 32.0 Å². The molecule has 8 heteroatoms. The van der Waals surface area contributed by atoms with Gasteiger partial charge in [-0.25, -0.2) is 4.79 Å². The van der Waals surface area contributed by atoms with Gasteiger partial charge in [-0.15, -0.1) is 0 Å². The van der Waals surface area contributed by atoms with Crippen LogP contribution in [-0.2, 0) is 25.5 Å². The largest absolute Gasteiger partial charge is 0.472 e. The van der Waals surface area contributed by atoms with Gasteiger partial charge in [-0.1, -0.05) is 12.7 Å². The van der Waals surface area contributed by atoms with Crippen molar-refractivity contribution in [3.63, 3.8) is 0 Å². The molecule has 0 fully saturated rings. The predicted octanol–water partition coefficient (Wildman–Crippen LogP) is 1.91. The van der Waals surface area contributed by atoms with Crippen LogP contribution >= 0.6 is 0 Å². The molecule has 0 aliphatic heterocycles. The number of ether oxygens (including phenoxy) is 2. The number of carbonyl (C=O) groups excluding carboxylic acids is 2. The van der Waals surface area contributed by atoms with Gasteiger partial charge in [0.1, 0.15) is 6.61 Å². The summed E-state index contributed by atoms with van der Waals surface area (Å²) in [5.74, 6) is -1.63. The van der Waals surface area contributed by atoms with Crippen molar-refractivity contribution in [1.82, 2.24) is 0 Å². The van der Waals surface area contributed by atoms with Crippen molar-refractivity contribution < 1.29 is 28.4 Å². The quantitative estimate of drug-likeness (QED) is 0.280. The number of furan rings is 1. The molecule has 8 nitrogen and oxygen atoms in total. The van der Waals surface area contributed by atoms with E-state index in [9.17, 15) is 19.7 Å². The monoisotopic (exact) mass is 325 g/mol. The summed E-state index contributed by atoms with van der Waals surface area (Å²) in [7, 11) is 0. The second kappa shape index (κ2) is 8.72. The van der Waals surface area contributed by atoms with Gasteiger partial charge >= 0.3 is 17.5 Å². The minimum Gasteiger partial charge on any atom is -0.472 e. The van der Waals surface area contributed by atoms with Crippen LogP contribution in [0.4, 0.5) is 0 Å². The van der Waals surface area contributed by atoms with E-state index in [-0.39, 0.29) is 32.5 Å².